The van der Waals surface area contributed by atoms with Crippen molar-refractivity contribution in [2.75, 3.05) is 20.3 Å². The molecule has 1 aromatic carbocycles. The number of nitrogens with zero attached hydrogens (tertiary/aromatic N) is 2. The van der Waals surface area contributed by atoms with Crippen molar-refractivity contribution in [3.05, 3.63) is 58.4 Å². The zero-order valence-corrected chi connectivity index (χ0v) is 14.2. The number of nitriles is 1. The van der Waals surface area contributed by atoms with Gasteiger partial charge in [0.1, 0.15) is 18.2 Å². The monoisotopic (exact) mass is 344 g/mol. The molecule has 0 fully saturated rings. The third-order valence-corrected chi connectivity index (χ3v) is 3.77. The lowest BCUT2D eigenvalue weighted by Crippen LogP contribution is -2.11. The quantitative estimate of drug-likeness (QED) is 0.348. The number of methoxy groups -OCH3 is 1. The van der Waals surface area contributed by atoms with Crippen LogP contribution in [0.3, 0.4) is 0 Å². The van der Waals surface area contributed by atoms with Gasteiger partial charge < -0.3 is 14.0 Å². The molecule has 0 unspecified atom stereocenters. The SMILES string of the molecule is COCCOC(=O)C(C#N)=Cc1cccn1-c1ccc(C)c(Cl)c1. The molecule has 0 spiro atoms. The Morgan fingerprint density at radius 3 is 2.83 bits per heavy atom. The lowest BCUT2D eigenvalue weighted by molar-refractivity contribution is -0.139. The number of halogens is 1. The number of rotatable bonds is 6. The summed E-state index contributed by atoms with van der Waals surface area (Å²) < 4.78 is 11.6. The molecular weight excluding hydrogens is 328 g/mol. The standard InChI is InChI=1S/C18H17ClN2O3/c1-13-5-6-16(11-17(13)19)21-7-3-4-15(21)10-14(12-20)18(22)24-9-8-23-2/h3-7,10-11H,8-9H2,1-2H3. The average molecular weight is 345 g/mol. The van der Waals surface area contributed by atoms with Crippen molar-refractivity contribution in [1.29, 1.82) is 5.26 Å². The minimum absolute atomic E-state index is 0.0794. The maximum absolute atomic E-state index is 11.9. The van der Waals surface area contributed by atoms with E-state index in [9.17, 15) is 10.1 Å². The highest BCUT2D eigenvalue weighted by Crippen LogP contribution is 2.22. The molecule has 0 aliphatic carbocycles. The summed E-state index contributed by atoms with van der Waals surface area (Å²) in [7, 11) is 1.51. The minimum Gasteiger partial charge on any atom is -0.459 e. The molecule has 1 heterocycles. The fraction of sp³-hybridized carbons (Fsp3) is 0.222. The van der Waals surface area contributed by atoms with Crippen LogP contribution >= 0.6 is 11.6 Å². The van der Waals surface area contributed by atoms with Crippen LogP contribution in [0, 0.1) is 18.3 Å². The van der Waals surface area contributed by atoms with Gasteiger partial charge in [-0.3, -0.25) is 0 Å². The smallest absolute Gasteiger partial charge is 0.349 e. The number of aryl methyl sites for hydroxylation is 1. The van der Waals surface area contributed by atoms with E-state index in [1.807, 2.05) is 48.0 Å². The average Bonchev–Trinajstić information content (AvgIpc) is 3.03. The Hall–Kier alpha value is -2.55. The first kappa shape index (κ1) is 17.8. The van der Waals surface area contributed by atoms with Gasteiger partial charge >= 0.3 is 5.97 Å². The Balaban J connectivity index is 2.29. The van der Waals surface area contributed by atoms with Crippen molar-refractivity contribution in [3.63, 3.8) is 0 Å². The molecule has 0 atom stereocenters. The molecule has 2 aromatic rings. The molecule has 0 bridgehead atoms. The van der Waals surface area contributed by atoms with Crippen LogP contribution in [0.4, 0.5) is 0 Å². The molecule has 0 saturated heterocycles. The molecule has 0 saturated carbocycles. The van der Waals surface area contributed by atoms with E-state index in [-0.39, 0.29) is 18.8 Å². The number of aromatic nitrogens is 1. The molecule has 5 nitrogen and oxygen atoms in total. The molecule has 0 radical (unpaired) electrons. The molecule has 0 amide bonds. The summed E-state index contributed by atoms with van der Waals surface area (Å²) >= 11 is 6.17. The van der Waals surface area contributed by atoms with Crippen molar-refractivity contribution in [2.45, 2.75) is 6.92 Å². The second-order valence-electron chi connectivity index (χ2n) is 5.04. The van der Waals surface area contributed by atoms with Crippen LogP contribution < -0.4 is 0 Å². The van der Waals surface area contributed by atoms with Crippen LogP contribution in [-0.4, -0.2) is 30.9 Å². The fourth-order valence-electron chi connectivity index (χ4n) is 2.06. The predicted octanol–water partition coefficient (Wildman–Crippen LogP) is 3.54. The summed E-state index contributed by atoms with van der Waals surface area (Å²) in [6.07, 6.45) is 3.32. The van der Waals surface area contributed by atoms with Crippen molar-refractivity contribution >= 4 is 23.6 Å². The molecule has 0 aliphatic rings. The van der Waals surface area contributed by atoms with Gasteiger partial charge in [0, 0.05) is 29.7 Å². The first-order valence-corrected chi connectivity index (χ1v) is 7.66. The fourth-order valence-corrected chi connectivity index (χ4v) is 2.23. The van der Waals surface area contributed by atoms with Gasteiger partial charge in [-0.2, -0.15) is 5.26 Å². The largest absolute Gasteiger partial charge is 0.459 e. The maximum atomic E-state index is 11.9. The van der Waals surface area contributed by atoms with Gasteiger partial charge in [-0.1, -0.05) is 17.7 Å². The lowest BCUT2D eigenvalue weighted by Gasteiger charge is -2.09. The molecule has 0 N–H and O–H groups in total. The minimum atomic E-state index is -0.677. The molecule has 24 heavy (non-hydrogen) atoms. The van der Waals surface area contributed by atoms with E-state index in [0.717, 1.165) is 11.3 Å². The second-order valence-corrected chi connectivity index (χ2v) is 5.44. The molecule has 0 aliphatic heterocycles. The van der Waals surface area contributed by atoms with Gasteiger partial charge in [0.25, 0.3) is 0 Å². The summed E-state index contributed by atoms with van der Waals surface area (Å²) in [6, 6.07) is 11.2. The van der Waals surface area contributed by atoms with Gasteiger partial charge in [-0.15, -0.1) is 0 Å². The van der Waals surface area contributed by atoms with Crippen LogP contribution in [0.25, 0.3) is 11.8 Å². The van der Waals surface area contributed by atoms with E-state index in [2.05, 4.69) is 0 Å². The summed E-state index contributed by atoms with van der Waals surface area (Å²) in [6.45, 7) is 2.30. The molecule has 6 heteroatoms. The number of carbonyl (C=O) groups is 1. The normalized spacial score (nSPS) is 11.2. The first-order valence-electron chi connectivity index (χ1n) is 7.28. The van der Waals surface area contributed by atoms with Crippen LogP contribution in [-0.2, 0) is 14.3 Å². The van der Waals surface area contributed by atoms with Crippen molar-refractivity contribution < 1.29 is 14.3 Å². The van der Waals surface area contributed by atoms with E-state index in [1.54, 1.807) is 6.07 Å². The molecule has 1 aromatic heterocycles. The Labute approximate surface area is 145 Å². The van der Waals surface area contributed by atoms with E-state index in [1.165, 1.54) is 13.2 Å². The highest BCUT2D eigenvalue weighted by molar-refractivity contribution is 6.31. The molecular formula is C18H17ClN2O3. The summed E-state index contributed by atoms with van der Waals surface area (Å²) in [5.74, 6) is -0.677. The zero-order valence-electron chi connectivity index (χ0n) is 13.5. The zero-order chi connectivity index (χ0) is 17.5. The third kappa shape index (κ3) is 4.25. The Morgan fingerprint density at radius 1 is 1.38 bits per heavy atom. The predicted molar refractivity (Wildman–Crippen MR) is 91.9 cm³/mol. The number of benzene rings is 1. The van der Waals surface area contributed by atoms with Crippen molar-refractivity contribution in [2.24, 2.45) is 0 Å². The highest BCUT2D eigenvalue weighted by atomic mass is 35.5. The highest BCUT2D eigenvalue weighted by Gasteiger charge is 2.12. The van der Waals surface area contributed by atoms with E-state index in [4.69, 9.17) is 21.1 Å². The number of ether oxygens (including phenoxy) is 2. The van der Waals surface area contributed by atoms with Crippen molar-refractivity contribution in [3.8, 4) is 11.8 Å². The summed E-state index contributed by atoms with van der Waals surface area (Å²) in [5, 5.41) is 9.86. The van der Waals surface area contributed by atoms with Gasteiger partial charge in [-0.25, -0.2) is 4.79 Å². The number of esters is 1. The maximum Gasteiger partial charge on any atom is 0.349 e. The van der Waals surface area contributed by atoms with Crippen molar-refractivity contribution in [1.82, 2.24) is 4.57 Å². The molecule has 124 valence electrons. The van der Waals surface area contributed by atoms with E-state index in [0.29, 0.717) is 10.7 Å². The van der Waals surface area contributed by atoms with E-state index < -0.39 is 5.97 Å². The van der Waals surface area contributed by atoms with Gasteiger partial charge in [0.05, 0.1) is 6.61 Å². The number of hydrogen-bond donors (Lipinski definition) is 0. The van der Waals surface area contributed by atoms with Crippen LogP contribution in [0.5, 0.6) is 0 Å². The Kier molecular flexibility index (Phi) is 6.19. The third-order valence-electron chi connectivity index (χ3n) is 3.37. The van der Waals surface area contributed by atoms with Crippen LogP contribution in [0.15, 0.2) is 42.1 Å². The first-order chi connectivity index (χ1) is 11.6. The van der Waals surface area contributed by atoms with Gasteiger partial charge in [-0.05, 0) is 42.8 Å². The lowest BCUT2D eigenvalue weighted by atomic mass is 10.2. The topological polar surface area (TPSA) is 64.2 Å². The number of carbonyl (C=O) groups excluding carboxylic acids is 1. The summed E-state index contributed by atoms with van der Waals surface area (Å²) in [4.78, 5) is 11.9. The Morgan fingerprint density at radius 2 is 2.17 bits per heavy atom. The van der Waals surface area contributed by atoms with E-state index >= 15 is 0 Å². The Bertz CT molecular complexity index is 803. The number of hydrogen-bond acceptors (Lipinski definition) is 4. The summed E-state index contributed by atoms with van der Waals surface area (Å²) in [5.41, 5.74) is 2.41. The second kappa shape index (κ2) is 8.34. The van der Waals surface area contributed by atoms with Crippen LogP contribution in [0.1, 0.15) is 11.3 Å². The molecule has 2 rings (SSSR count). The van der Waals surface area contributed by atoms with Gasteiger partial charge in [0.2, 0.25) is 0 Å². The van der Waals surface area contributed by atoms with Crippen LogP contribution in [0.2, 0.25) is 5.02 Å². The van der Waals surface area contributed by atoms with Gasteiger partial charge in [0.15, 0.2) is 0 Å².